The van der Waals surface area contributed by atoms with Gasteiger partial charge in [-0.2, -0.15) is 5.26 Å². The fraction of sp³-hybridized carbons (Fsp3) is 0.400. The molecule has 0 unspecified atom stereocenters. The zero-order chi connectivity index (χ0) is 23.1. The number of ketones is 1. The molecule has 6 nitrogen and oxygen atoms in total. The molecule has 0 N–H and O–H groups in total. The first kappa shape index (κ1) is 23.9. The van der Waals surface area contributed by atoms with Crippen molar-refractivity contribution in [2.75, 3.05) is 7.11 Å². The second-order valence-corrected chi connectivity index (χ2v) is 7.97. The average molecular weight is 423 g/mol. The molecule has 1 aromatic heterocycles. The Balaban J connectivity index is 2.15. The van der Waals surface area contributed by atoms with E-state index in [1.165, 1.54) is 13.0 Å². The van der Waals surface area contributed by atoms with Crippen molar-refractivity contribution in [2.24, 2.45) is 5.92 Å². The minimum absolute atomic E-state index is 0.140. The summed E-state index contributed by atoms with van der Waals surface area (Å²) in [5, 5.41) is 9.50. The highest BCUT2D eigenvalue weighted by Crippen LogP contribution is 2.21. The maximum absolute atomic E-state index is 12.6. The molecule has 0 fully saturated rings. The van der Waals surface area contributed by atoms with Gasteiger partial charge in [-0.1, -0.05) is 13.8 Å². The number of aromatic nitrogens is 1. The van der Waals surface area contributed by atoms with Crippen molar-refractivity contribution >= 4 is 17.8 Å². The lowest BCUT2D eigenvalue weighted by molar-refractivity contribution is -0.141. The SMILES string of the molecule is COc1ccc(C(=O)[C@H](C)OC(=O)/C(C#N)=C/c2cc(C)n(CCC(C)C)c2C)cc1. The summed E-state index contributed by atoms with van der Waals surface area (Å²) in [6.45, 7) is 10.7. The summed E-state index contributed by atoms with van der Waals surface area (Å²) in [5.41, 5.74) is 3.11. The number of methoxy groups -OCH3 is 1. The molecule has 2 rings (SSSR count). The first-order chi connectivity index (χ1) is 14.7. The molecule has 31 heavy (non-hydrogen) atoms. The number of nitriles is 1. The lowest BCUT2D eigenvalue weighted by atomic mass is 10.1. The predicted octanol–water partition coefficient (Wildman–Crippen LogP) is 4.88. The van der Waals surface area contributed by atoms with Crippen molar-refractivity contribution in [1.82, 2.24) is 4.57 Å². The summed E-state index contributed by atoms with van der Waals surface area (Å²) >= 11 is 0. The number of rotatable bonds is 9. The van der Waals surface area contributed by atoms with Crippen LogP contribution in [0.1, 0.15) is 54.5 Å². The molecule has 0 radical (unpaired) electrons. The van der Waals surface area contributed by atoms with Crippen LogP contribution in [0.4, 0.5) is 0 Å². The highest BCUT2D eigenvalue weighted by atomic mass is 16.5. The standard InChI is InChI=1S/C25H30N2O4/c1-16(2)11-12-27-17(3)13-21(18(27)4)14-22(15-26)25(29)31-19(5)24(28)20-7-9-23(30-6)10-8-20/h7-10,13-14,16,19H,11-12H2,1-6H3/b22-14+/t19-/m0/s1. The number of aryl methyl sites for hydroxylation is 1. The van der Waals surface area contributed by atoms with Crippen LogP contribution in [0.25, 0.3) is 6.08 Å². The van der Waals surface area contributed by atoms with Gasteiger partial charge in [0.25, 0.3) is 0 Å². The quantitative estimate of drug-likeness (QED) is 0.249. The fourth-order valence-corrected chi connectivity index (χ4v) is 3.27. The number of esters is 1. The monoisotopic (exact) mass is 422 g/mol. The number of Topliss-reactive ketones (excluding diaryl/α,β-unsaturated/α-hetero) is 1. The molecular formula is C25H30N2O4. The fourth-order valence-electron chi connectivity index (χ4n) is 3.27. The third-order valence-electron chi connectivity index (χ3n) is 5.21. The van der Waals surface area contributed by atoms with Gasteiger partial charge in [0.15, 0.2) is 6.10 Å². The Hall–Kier alpha value is -3.33. The number of carbonyl (C=O) groups excluding carboxylic acids is 2. The van der Waals surface area contributed by atoms with E-state index in [0.717, 1.165) is 29.9 Å². The Morgan fingerprint density at radius 2 is 1.81 bits per heavy atom. The first-order valence-corrected chi connectivity index (χ1v) is 10.4. The highest BCUT2D eigenvalue weighted by molar-refractivity contribution is 6.03. The van der Waals surface area contributed by atoms with Gasteiger partial charge in [-0.05, 0) is 75.1 Å². The van der Waals surface area contributed by atoms with Crippen molar-refractivity contribution in [2.45, 2.75) is 53.7 Å². The molecule has 0 aliphatic heterocycles. The maximum Gasteiger partial charge on any atom is 0.349 e. The lowest BCUT2D eigenvalue weighted by Gasteiger charge is -2.12. The number of nitrogens with zero attached hydrogens (tertiary/aromatic N) is 2. The van der Waals surface area contributed by atoms with Crippen LogP contribution in [-0.4, -0.2) is 29.5 Å². The lowest BCUT2D eigenvalue weighted by Crippen LogP contribution is -2.25. The molecule has 0 aliphatic carbocycles. The number of carbonyl (C=O) groups is 2. The van der Waals surface area contributed by atoms with Crippen LogP contribution >= 0.6 is 0 Å². The molecule has 0 saturated heterocycles. The number of hydrogen-bond acceptors (Lipinski definition) is 5. The third-order valence-corrected chi connectivity index (χ3v) is 5.21. The minimum Gasteiger partial charge on any atom is -0.497 e. The van der Waals surface area contributed by atoms with Crippen LogP contribution in [0.2, 0.25) is 0 Å². The van der Waals surface area contributed by atoms with Gasteiger partial charge in [0, 0.05) is 23.5 Å². The van der Waals surface area contributed by atoms with E-state index >= 15 is 0 Å². The summed E-state index contributed by atoms with van der Waals surface area (Å²) < 4.78 is 12.6. The second-order valence-electron chi connectivity index (χ2n) is 7.97. The first-order valence-electron chi connectivity index (χ1n) is 10.4. The molecule has 1 aromatic carbocycles. The van der Waals surface area contributed by atoms with Crippen molar-refractivity contribution in [3.05, 3.63) is 58.4 Å². The van der Waals surface area contributed by atoms with E-state index in [4.69, 9.17) is 9.47 Å². The Bertz CT molecular complexity index is 1010. The van der Waals surface area contributed by atoms with Crippen LogP contribution in [0.5, 0.6) is 5.75 Å². The summed E-state index contributed by atoms with van der Waals surface area (Å²) in [6.07, 6.45) is 1.55. The summed E-state index contributed by atoms with van der Waals surface area (Å²) in [4.78, 5) is 25.1. The topological polar surface area (TPSA) is 81.3 Å². The second kappa shape index (κ2) is 10.6. The van der Waals surface area contributed by atoms with Crippen molar-refractivity contribution in [1.29, 1.82) is 5.26 Å². The van der Waals surface area contributed by atoms with Crippen molar-refractivity contribution in [3.63, 3.8) is 0 Å². The summed E-state index contributed by atoms with van der Waals surface area (Å²) in [6, 6.07) is 10.4. The van der Waals surface area contributed by atoms with E-state index in [9.17, 15) is 14.9 Å². The van der Waals surface area contributed by atoms with Crippen LogP contribution in [-0.2, 0) is 16.1 Å². The van der Waals surface area contributed by atoms with E-state index in [1.807, 2.05) is 26.0 Å². The van der Waals surface area contributed by atoms with Crippen LogP contribution in [0.3, 0.4) is 0 Å². The van der Waals surface area contributed by atoms with Gasteiger partial charge in [0.2, 0.25) is 5.78 Å². The van der Waals surface area contributed by atoms with E-state index < -0.39 is 12.1 Å². The molecular weight excluding hydrogens is 392 g/mol. The molecule has 0 saturated carbocycles. The Labute approximate surface area is 184 Å². The predicted molar refractivity (Wildman–Crippen MR) is 120 cm³/mol. The van der Waals surface area contributed by atoms with Crippen molar-refractivity contribution < 1.29 is 19.1 Å². The Morgan fingerprint density at radius 3 is 2.35 bits per heavy atom. The summed E-state index contributed by atoms with van der Waals surface area (Å²) in [7, 11) is 1.54. The number of hydrogen-bond donors (Lipinski definition) is 0. The largest absolute Gasteiger partial charge is 0.497 e. The van der Waals surface area contributed by atoms with Crippen molar-refractivity contribution in [3.8, 4) is 11.8 Å². The van der Waals surface area contributed by atoms with E-state index in [-0.39, 0.29) is 11.4 Å². The maximum atomic E-state index is 12.6. The van der Waals surface area contributed by atoms with Gasteiger partial charge in [-0.3, -0.25) is 4.79 Å². The van der Waals surface area contributed by atoms with E-state index in [2.05, 4.69) is 18.4 Å². The van der Waals surface area contributed by atoms with E-state index in [1.54, 1.807) is 31.4 Å². The molecule has 1 atom stereocenters. The summed E-state index contributed by atoms with van der Waals surface area (Å²) in [5.74, 6) is 0.0421. The molecule has 0 bridgehead atoms. The number of ether oxygens (including phenoxy) is 2. The molecule has 0 spiro atoms. The molecule has 1 heterocycles. The third kappa shape index (κ3) is 6.08. The smallest absolute Gasteiger partial charge is 0.349 e. The van der Waals surface area contributed by atoms with Gasteiger partial charge in [-0.25, -0.2) is 4.79 Å². The van der Waals surface area contributed by atoms with Gasteiger partial charge in [0.05, 0.1) is 7.11 Å². The number of benzene rings is 1. The average Bonchev–Trinajstić information content (AvgIpc) is 3.01. The van der Waals surface area contributed by atoms with Gasteiger partial charge in [0.1, 0.15) is 17.4 Å². The minimum atomic E-state index is -1.02. The zero-order valence-electron chi connectivity index (χ0n) is 19.1. The molecule has 6 heteroatoms. The molecule has 164 valence electrons. The van der Waals surface area contributed by atoms with Gasteiger partial charge in [-0.15, -0.1) is 0 Å². The zero-order valence-corrected chi connectivity index (χ0v) is 19.1. The molecule has 2 aromatic rings. The molecule has 0 amide bonds. The van der Waals surface area contributed by atoms with Crippen LogP contribution in [0.15, 0.2) is 35.9 Å². The normalized spacial score (nSPS) is 12.4. The molecule has 0 aliphatic rings. The Kier molecular flexibility index (Phi) is 8.21. The van der Waals surface area contributed by atoms with Gasteiger partial charge < -0.3 is 14.0 Å². The Morgan fingerprint density at radius 1 is 1.16 bits per heavy atom. The van der Waals surface area contributed by atoms with Crippen LogP contribution in [0, 0.1) is 31.1 Å². The van der Waals surface area contributed by atoms with Gasteiger partial charge >= 0.3 is 5.97 Å². The highest BCUT2D eigenvalue weighted by Gasteiger charge is 2.22. The van der Waals surface area contributed by atoms with E-state index in [0.29, 0.717) is 17.2 Å². The van der Waals surface area contributed by atoms with Crippen LogP contribution < -0.4 is 4.74 Å².